The van der Waals surface area contributed by atoms with Gasteiger partial charge in [0, 0.05) is 19.2 Å². The van der Waals surface area contributed by atoms with Gasteiger partial charge < -0.3 is 9.88 Å². The number of hydrogen-bond donors (Lipinski definition) is 1. The Morgan fingerprint density at radius 1 is 1.00 bits per heavy atom. The van der Waals surface area contributed by atoms with E-state index >= 15 is 0 Å². The molecule has 0 aliphatic carbocycles. The summed E-state index contributed by atoms with van der Waals surface area (Å²) < 4.78 is 3.34. The van der Waals surface area contributed by atoms with E-state index in [4.69, 9.17) is 0 Å². The van der Waals surface area contributed by atoms with Crippen LogP contribution in [0.4, 0.5) is 0 Å². The second-order valence-electron chi connectivity index (χ2n) is 7.29. The van der Waals surface area contributed by atoms with Gasteiger partial charge in [0.1, 0.15) is 5.52 Å². The molecule has 0 unspecified atom stereocenters. The molecule has 1 amide bonds. The summed E-state index contributed by atoms with van der Waals surface area (Å²) in [7, 11) is 0. The highest BCUT2D eigenvalue weighted by molar-refractivity contribution is 5.94. The molecule has 0 atom stereocenters. The first-order valence-corrected chi connectivity index (χ1v) is 9.38. The van der Waals surface area contributed by atoms with Crippen LogP contribution in [0.3, 0.4) is 0 Å². The normalized spacial score (nSPS) is 11.4. The van der Waals surface area contributed by atoms with Crippen LogP contribution in [0, 0.1) is 5.92 Å². The lowest BCUT2D eigenvalue weighted by atomic mass is 10.2. The van der Waals surface area contributed by atoms with Crippen molar-refractivity contribution in [1.29, 1.82) is 0 Å². The Hall–Kier alpha value is -3.41. The van der Waals surface area contributed by atoms with Gasteiger partial charge in [0.15, 0.2) is 5.69 Å². The fourth-order valence-electron chi connectivity index (χ4n) is 3.36. The number of carbonyl (C=O) groups is 1. The van der Waals surface area contributed by atoms with Crippen molar-refractivity contribution < 1.29 is 4.79 Å². The minimum Gasteiger partial charge on any atom is -0.347 e. The van der Waals surface area contributed by atoms with Gasteiger partial charge in [-0.1, -0.05) is 56.3 Å². The lowest BCUT2D eigenvalue weighted by Crippen LogP contribution is -2.25. The number of hydrogen-bond acceptors (Lipinski definition) is 3. The Morgan fingerprint density at radius 2 is 1.68 bits per heavy atom. The zero-order valence-corrected chi connectivity index (χ0v) is 15.9. The standard InChI is InChI=1S/C22H22N4O2/c1-15(2)14-25-18-10-6-7-11-19(18)26-20(22(25)28)12-17(24-26)21(27)23-13-16-8-4-3-5-9-16/h3-12,15H,13-14H2,1-2H3,(H,23,27). The summed E-state index contributed by atoms with van der Waals surface area (Å²) in [5.41, 5.74) is 3.13. The van der Waals surface area contributed by atoms with Gasteiger partial charge in [0.05, 0.1) is 11.0 Å². The van der Waals surface area contributed by atoms with Crippen molar-refractivity contribution in [3.05, 3.63) is 82.3 Å². The molecule has 142 valence electrons. The average Bonchev–Trinajstić information content (AvgIpc) is 3.16. The van der Waals surface area contributed by atoms with Gasteiger partial charge in [-0.15, -0.1) is 0 Å². The summed E-state index contributed by atoms with van der Waals surface area (Å²) in [6.45, 7) is 5.16. The van der Waals surface area contributed by atoms with Crippen LogP contribution in [-0.4, -0.2) is 20.1 Å². The highest BCUT2D eigenvalue weighted by Gasteiger charge is 2.17. The molecule has 0 fully saturated rings. The fourth-order valence-corrected chi connectivity index (χ4v) is 3.36. The van der Waals surface area contributed by atoms with Gasteiger partial charge in [-0.2, -0.15) is 5.10 Å². The summed E-state index contributed by atoms with van der Waals surface area (Å²) in [5, 5.41) is 7.29. The first kappa shape index (κ1) is 18.0. The molecule has 4 aromatic rings. The summed E-state index contributed by atoms with van der Waals surface area (Å²) in [5.74, 6) is 0.0200. The van der Waals surface area contributed by atoms with Gasteiger partial charge in [0.2, 0.25) is 0 Å². The lowest BCUT2D eigenvalue weighted by molar-refractivity contribution is 0.0945. The van der Waals surface area contributed by atoms with E-state index in [1.54, 1.807) is 15.1 Å². The van der Waals surface area contributed by atoms with Gasteiger partial charge >= 0.3 is 0 Å². The molecular formula is C22H22N4O2. The molecule has 0 saturated heterocycles. The molecule has 4 rings (SSSR count). The number of para-hydroxylation sites is 2. The Labute approximate surface area is 162 Å². The molecule has 6 nitrogen and oxygen atoms in total. The van der Waals surface area contributed by atoms with Gasteiger partial charge in [0.25, 0.3) is 11.5 Å². The van der Waals surface area contributed by atoms with Crippen molar-refractivity contribution in [3.63, 3.8) is 0 Å². The van der Waals surface area contributed by atoms with Crippen LogP contribution in [0.25, 0.3) is 16.6 Å². The fraction of sp³-hybridized carbons (Fsp3) is 0.227. The molecule has 0 saturated carbocycles. The van der Waals surface area contributed by atoms with E-state index in [9.17, 15) is 9.59 Å². The van der Waals surface area contributed by atoms with E-state index in [1.807, 2.05) is 54.6 Å². The van der Waals surface area contributed by atoms with Crippen molar-refractivity contribution in [2.45, 2.75) is 26.9 Å². The maximum Gasteiger partial charge on any atom is 0.277 e. The van der Waals surface area contributed by atoms with Gasteiger partial charge in [-0.25, -0.2) is 4.52 Å². The van der Waals surface area contributed by atoms with Crippen LogP contribution in [0.5, 0.6) is 0 Å². The largest absolute Gasteiger partial charge is 0.347 e. The van der Waals surface area contributed by atoms with Crippen molar-refractivity contribution in [3.8, 4) is 0 Å². The van der Waals surface area contributed by atoms with E-state index in [2.05, 4.69) is 24.3 Å². The summed E-state index contributed by atoms with van der Waals surface area (Å²) in [4.78, 5) is 25.7. The number of fused-ring (bicyclic) bond motifs is 3. The molecule has 0 aliphatic heterocycles. The van der Waals surface area contributed by atoms with E-state index in [0.717, 1.165) is 16.6 Å². The van der Waals surface area contributed by atoms with Crippen LogP contribution in [0.1, 0.15) is 29.9 Å². The maximum absolute atomic E-state index is 13.1. The van der Waals surface area contributed by atoms with Gasteiger partial charge in [-0.3, -0.25) is 9.59 Å². The topological polar surface area (TPSA) is 68.4 Å². The van der Waals surface area contributed by atoms with Crippen molar-refractivity contribution in [2.24, 2.45) is 5.92 Å². The molecule has 0 spiro atoms. The average molecular weight is 374 g/mol. The number of nitrogens with zero attached hydrogens (tertiary/aromatic N) is 3. The second-order valence-corrected chi connectivity index (χ2v) is 7.29. The molecule has 0 aliphatic rings. The third kappa shape index (κ3) is 3.29. The third-order valence-electron chi connectivity index (χ3n) is 4.65. The van der Waals surface area contributed by atoms with Crippen LogP contribution in [0.15, 0.2) is 65.5 Å². The summed E-state index contributed by atoms with van der Waals surface area (Å²) >= 11 is 0. The molecule has 6 heteroatoms. The molecule has 2 aromatic carbocycles. The number of amides is 1. The smallest absolute Gasteiger partial charge is 0.277 e. The Balaban J connectivity index is 1.76. The Kier molecular flexibility index (Phi) is 4.69. The SMILES string of the molecule is CC(C)Cn1c(=O)c2cc(C(=O)NCc3ccccc3)nn2c2ccccc21. The number of rotatable bonds is 5. The van der Waals surface area contributed by atoms with Crippen LogP contribution in [0.2, 0.25) is 0 Å². The van der Waals surface area contributed by atoms with E-state index < -0.39 is 0 Å². The van der Waals surface area contributed by atoms with Crippen molar-refractivity contribution >= 4 is 22.5 Å². The minimum absolute atomic E-state index is 0.137. The highest BCUT2D eigenvalue weighted by atomic mass is 16.2. The molecule has 2 aromatic heterocycles. The molecule has 28 heavy (non-hydrogen) atoms. The monoisotopic (exact) mass is 374 g/mol. The summed E-state index contributed by atoms with van der Waals surface area (Å²) in [6, 6.07) is 18.9. The Morgan fingerprint density at radius 3 is 2.39 bits per heavy atom. The van der Waals surface area contributed by atoms with Gasteiger partial charge in [-0.05, 0) is 23.6 Å². The molecule has 2 heterocycles. The minimum atomic E-state index is -0.300. The van der Waals surface area contributed by atoms with Crippen LogP contribution in [-0.2, 0) is 13.1 Å². The van der Waals surface area contributed by atoms with Crippen molar-refractivity contribution in [2.75, 3.05) is 0 Å². The molecule has 0 radical (unpaired) electrons. The molecule has 1 N–H and O–H groups in total. The number of benzene rings is 2. The second kappa shape index (κ2) is 7.31. The summed E-state index contributed by atoms with van der Waals surface area (Å²) in [6.07, 6.45) is 0. The molecule has 0 bridgehead atoms. The number of nitrogens with one attached hydrogen (secondary N) is 1. The third-order valence-corrected chi connectivity index (χ3v) is 4.65. The number of carbonyl (C=O) groups excluding carboxylic acids is 1. The molecular weight excluding hydrogens is 352 g/mol. The first-order chi connectivity index (χ1) is 13.5. The quantitative estimate of drug-likeness (QED) is 0.583. The van der Waals surface area contributed by atoms with Crippen molar-refractivity contribution in [1.82, 2.24) is 19.5 Å². The first-order valence-electron chi connectivity index (χ1n) is 9.38. The number of aromatic nitrogens is 3. The zero-order chi connectivity index (χ0) is 19.7. The van der Waals surface area contributed by atoms with Crippen LogP contribution < -0.4 is 10.9 Å². The Bertz CT molecular complexity index is 1210. The highest BCUT2D eigenvalue weighted by Crippen LogP contribution is 2.16. The van der Waals surface area contributed by atoms with Crippen LogP contribution >= 0.6 is 0 Å². The predicted molar refractivity (Wildman–Crippen MR) is 109 cm³/mol. The maximum atomic E-state index is 13.1. The zero-order valence-electron chi connectivity index (χ0n) is 15.9. The van der Waals surface area contributed by atoms with E-state index in [0.29, 0.717) is 24.5 Å². The van der Waals surface area contributed by atoms with E-state index in [-0.39, 0.29) is 17.2 Å². The predicted octanol–water partition coefficient (Wildman–Crippen LogP) is 3.24. The lowest BCUT2D eigenvalue weighted by Gasteiger charge is -2.13. The van der Waals surface area contributed by atoms with E-state index in [1.165, 1.54) is 0 Å².